The summed E-state index contributed by atoms with van der Waals surface area (Å²) in [6, 6.07) is 45.7. The number of hydrogen-bond acceptors (Lipinski definition) is 5. The molecule has 0 spiro atoms. The summed E-state index contributed by atoms with van der Waals surface area (Å²) in [7, 11) is 0. The van der Waals surface area contributed by atoms with E-state index in [-0.39, 0.29) is 19.1 Å². The molecule has 344 valence electrons. The Kier molecular flexibility index (Phi) is 33.8. The summed E-state index contributed by atoms with van der Waals surface area (Å²) in [6.45, 7) is 28.4. The summed E-state index contributed by atoms with van der Waals surface area (Å²) in [5.74, 6) is -0.344. The van der Waals surface area contributed by atoms with Crippen molar-refractivity contribution in [3.05, 3.63) is 178 Å². The third-order valence-corrected chi connectivity index (χ3v) is 8.96. The molecule has 0 radical (unpaired) electrons. The molecule has 0 aliphatic rings. The molecule has 5 aromatic rings. The Morgan fingerprint density at radius 3 is 0.919 bits per heavy atom. The standard InChI is InChI=1S/C12H19N.C11H16FN.C11H17N.C10H14FN.C10H15N.CH4/c1-10(2)13-9-8-12-6-4-11(3)5-7-12;1-9(2)13-8-7-10-3-5-11(12)6-4-10;1-10(2)12-9-8-11-6-4-3-5-7-11;1-8(2)12-7-9-3-5-10(11)6-4-9;1-9(2)11-8-10-6-4-3-5-7-10;/h4-7,10,13H,8-9H2,1-3H3;3-6,9,13H,7-8H2,1-2H3;3-7,10,12H,8-9H2,1-2H3;3-6,8,12H,7H2,1-2H3;3-7,9,11H,8H2,1-2H3;1H4. The Labute approximate surface area is 378 Å². The molecule has 0 saturated heterocycles. The zero-order chi connectivity index (χ0) is 45.3. The SMILES string of the molecule is C.CC(C)NCCc1ccc(F)cc1.CC(C)NCCc1ccccc1.CC(C)NCc1ccc(F)cc1.CC(C)NCc1ccccc1.Cc1ccc(CCNC(C)C)cc1. The summed E-state index contributed by atoms with van der Waals surface area (Å²) in [6.07, 6.45) is 3.20. The summed E-state index contributed by atoms with van der Waals surface area (Å²) < 4.78 is 25.0. The maximum atomic E-state index is 12.5. The fourth-order valence-electron chi connectivity index (χ4n) is 5.41. The smallest absolute Gasteiger partial charge is 0.123 e. The van der Waals surface area contributed by atoms with Crippen LogP contribution < -0.4 is 26.6 Å². The molecule has 0 atom stereocenters. The predicted octanol–water partition coefficient (Wildman–Crippen LogP) is 12.3. The van der Waals surface area contributed by atoms with Gasteiger partial charge in [0.1, 0.15) is 11.6 Å². The van der Waals surface area contributed by atoms with E-state index in [1.54, 1.807) is 12.1 Å². The molecule has 5 rings (SSSR count). The van der Waals surface area contributed by atoms with E-state index in [1.165, 1.54) is 52.1 Å². The monoisotopic (exact) mass is 854 g/mol. The molecule has 0 aliphatic carbocycles. The summed E-state index contributed by atoms with van der Waals surface area (Å²) >= 11 is 0. The molecule has 0 bridgehead atoms. The van der Waals surface area contributed by atoms with Crippen molar-refractivity contribution < 1.29 is 8.78 Å². The van der Waals surface area contributed by atoms with E-state index in [9.17, 15) is 8.78 Å². The minimum atomic E-state index is -0.178. The fourth-order valence-corrected chi connectivity index (χ4v) is 5.41. The molecule has 0 unspecified atom stereocenters. The Hall–Kier alpha value is -4.24. The van der Waals surface area contributed by atoms with Crippen LogP contribution in [-0.4, -0.2) is 49.8 Å². The van der Waals surface area contributed by atoms with Crippen LogP contribution in [0.25, 0.3) is 0 Å². The molecule has 0 heterocycles. The van der Waals surface area contributed by atoms with Crippen LogP contribution >= 0.6 is 0 Å². The molecule has 5 N–H and O–H groups in total. The first-order chi connectivity index (χ1) is 29.1. The second-order valence-corrected chi connectivity index (χ2v) is 16.9. The molecular formula is C55H85F2N5. The quantitative estimate of drug-likeness (QED) is 0.0608. The van der Waals surface area contributed by atoms with Gasteiger partial charge < -0.3 is 26.6 Å². The zero-order valence-electron chi connectivity index (χ0n) is 39.5. The number of aryl methyl sites for hydroxylation is 1. The Morgan fingerprint density at radius 2 is 0.597 bits per heavy atom. The van der Waals surface area contributed by atoms with Crippen LogP contribution in [0.15, 0.2) is 133 Å². The number of rotatable bonds is 18. The molecular weight excluding hydrogens is 769 g/mol. The highest BCUT2D eigenvalue weighted by Gasteiger charge is 1.98. The summed E-state index contributed by atoms with van der Waals surface area (Å²) in [4.78, 5) is 0. The molecule has 0 amide bonds. The first-order valence-electron chi connectivity index (χ1n) is 22.4. The van der Waals surface area contributed by atoms with Gasteiger partial charge in [-0.25, -0.2) is 8.78 Å². The molecule has 0 fully saturated rings. The lowest BCUT2D eigenvalue weighted by atomic mass is 10.1. The van der Waals surface area contributed by atoms with Crippen molar-refractivity contribution in [2.24, 2.45) is 0 Å². The van der Waals surface area contributed by atoms with Crippen LogP contribution in [0.3, 0.4) is 0 Å². The van der Waals surface area contributed by atoms with Crippen molar-refractivity contribution >= 4 is 0 Å². The van der Waals surface area contributed by atoms with Crippen LogP contribution in [-0.2, 0) is 32.4 Å². The fraction of sp³-hybridized carbons (Fsp3) is 0.455. The number of hydrogen-bond donors (Lipinski definition) is 5. The Bertz CT molecular complexity index is 1650. The number of benzene rings is 5. The maximum Gasteiger partial charge on any atom is 0.123 e. The van der Waals surface area contributed by atoms with Crippen LogP contribution in [0.2, 0.25) is 0 Å². The van der Waals surface area contributed by atoms with Crippen molar-refractivity contribution in [3.63, 3.8) is 0 Å². The molecule has 0 aromatic heterocycles. The largest absolute Gasteiger partial charge is 0.314 e. The van der Waals surface area contributed by atoms with E-state index in [1.807, 2.05) is 18.2 Å². The minimum absolute atomic E-state index is 0. The second kappa shape index (κ2) is 36.3. The van der Waals surface area contributed by atoms with Crippen LogP contribution in [0.5, 0.6) is 0 Å². The van der Waals surface area contributed by atoms with E-state index >= 15 is 0 Å². The summed E-state index contributed by atoms with van der Waals surface area (Å²) in [5, 5.41) is 16.7. The predicted molar refractivity (Wildman–Crippen MR) is 268 cm³/mol. The third-order valence-electron chi connectivity index (χ3n) is 8.96. The van der Waals surface area contributed by atoms with E-state index in [0.717, 1.165) is 57.5 Å². The molecule has 5 aromatic carbocycles. The number of nitrogens with one attached hydrogen (secondary N) is 5. The van der Waals surface area contributed by atoms with E-state index < -0.39 is 0 Å². The Morgan fingerprint density at radius 1 is 0.339 bits per heavy atom. The lowest BCUT2D eigenvalue weighted by Gasteiger charge is -2.07. The van der Waals surface area contributed by atoms with Gasteiger partial charge in [0.2, 0.25) is 0 Å². The van der Waals surface area contributed by atoms with Crippen LogP contribution in [0.4, 0.5) is 8.78 Å². The van der Waals surface area contributed by atoms with Crippen molar-refractivity contribution in [1.82, 2.24) is 26.6 Å². The van der Waals surface area contributed by atoms with Gasteiger partial charge in [-0.1, -0.05) is 191 Å². The topological polar surface area (TPSA) is 60.1 Å². The highest BCUT2D eigenvalue weighted by atomic mass is 19.1. The van der Waals surface area contributed by atoms with E-state index in [2.05, 4.69) is 182 Å². The maximum absolute atomic E-state index is 12.5. The average Bonchev–Trinajstić information content (AvgIpc) is 3.23. The third kappa shape index (κ3) is 34.4. The minimum Gasteiger partial charge on any atom is -0.314 e. The van der Waals surface area contributed by atoms with Gasteiger partial charge in [-0.3, -0.25) is 0 Å². The van der Waals surface area contributed by atoms with Gasteiger partial charge in [-0.15, -0.1) is 0 Å². The molecule has 0 aliphatic heterocycles. The lowest BCUT2D eigenvalue weighted by molar-refractivity contribution is 0.586. The Balaban J connectivity index is 0.000000748. The molecule has 62 heavy (non-hydrogen) atoms. The van der Waals surface area contributed by atoms with Gasteiger partial charge in [0, 0.05) is 43.3 Å². The zero-order valence-corrected chi connectivity index (χ0v) is 39.5. The van der Waals surface area contributed by atoms with Gasteiger partial charge in [-0.05, 0) is 97.9 Å². The highest BCUT2D eigenvalue weighted by molar-refractivity contribution is 5.22. The van der Waals surface area contributed by atoms with Gasteiger partial charge >= 0.3 is 0 Å². The number of halogens is 2. The second-order valence-electron chi connectivity index (χ2n) is 16.9. The normalized spacial score (nSPS) is 10.5. The van der Waals surface area contributed by atoms with Gasteiger partial charge in [-0.2, -0.15) is 0 Å². The average molecular weight is 854 g/mol. The molecule has 5 nitrogen and oxygen atoms in total. The first-order valence-corrected chi connectivity index (χ1v) is 22.4. The van der Waals surface area contributed by atoms with E-state index in [4.69, 9.17) is 0 Å². The first kappa shape index (κ1) is 57.8. The van der Waals surface area contributed by atoms with Gasteiger partial charge in [0.25, 0.3) is 0 Å². The van der Waals surface area contributed by atoms with Crippen molar-refractivity contribution in [2.45, 2.75) is 146 Å². The lowest BCUT2D eigenvalue weighted by Crippen LogP contribution is -2.24. The van der Waals surface area contributed by atoms with Gasteiger partial charge in [0.05, 0.1) is 0 Å². The molecule has 7 heteroatoms. The van der Waals surface area contributed by atoms with Crippen molar-refractivity contribution in [1.29, 1.82) is 0 Å². The van der Waals surface area contributed by atoms with Crippen LogP contribution in [0.1, 0.15) is 110 Å². The highest BCUT2D eigenvalue weighted by Crippen LogP contribution is 2.05. The summed E-state index contributed by atoms with van der Waals surface area (Å²) in [5.41, 5.74) is 7.80. The molecule has 0 saturated carbocycles. The van der Waals surface area contributed by atoms with E-state index in [0.29, 0.717) is 30.2 Å². The van der Waals surface area contributed by atoms with Gasteiger partial charge in [0.15, 0.2) is 0 Å². The van der Waals surface area contributed by atoms with Crippen LogP contribution in [0, 0.1) is 18.6 Å². The van der Waals surface area contributed by atoms with Crippen molar-refractivity contribution in [2.75, 3.05) is 19.6 Å². The van der Waals surface area contributed by atoms with Crippen molar-refractivity contribution in [3.8, 4) is 0 Å².